The lowest BCUT2D eigenvalue weighted by Gasteiger charge is -2.09. The third-order valence-electron chi connectivity index (χ3n) is 2.97. The van der Waals surface area contributed by atoms with Crippen LogP contribution in [0.4, 0.5) is 0 Å². The first kappa shape index (κ1) is 15.3. The van der Waals surface area contributed by atoms with E-state index in [0.29, 0.717) is 13.2 Å². The van der Waals surface area contributed by atoms with Gasteiger partial charge >= 0.3 is 0 Å². The zero-order valence-corrected chi connectivity index (χ0v) is 12.6. The first-order chi connectivity index (χ1) is 10.3. The summed E-state index contributed by atoms with van der Waals surface area (Å²) in [5.74, 6) is 1.61. The molecule has 0 aliphatic rings. The monoisotopic (exact) mass is 286 g/mol. The summed E-state index contributed by atoms with van der Waals surface area (Å²) < 4.78 is 11.2. The van der Waals surface area contributed by atoms with Crippen LogP contribution in [0.5, 0.6) is 11.5 Å². The van der Waals surface area contributed by atoms with Gasteiger partial charge < -0.3 is 14.8 Å². The smallest absolute Gasteiger partial charge is 0.130 e. The highest BCUT2D eigenvalue weighted by Gasteiger charge is 2.00. The van der Waals surface area contributed by atoms with Crippen molar-refractivity contribution in [2.45, 2.75) is 27.0 Å². The molecule has 0 bridgehead atoms. The van der Waals surface area contributed by atoms with Crippen LogP contribution in [0.1, 0.15) is 25.1 Å². The zero-order valence-electron chi connectivity index (χ0n) is 12.6. The van der Waals surface area contributed by atoms with Gasteiger partial charge in [0.15, 0.2) is 0 Å². The molecule has 0 saturated carbocycles. The lowest BCUT2D eigenvalue weighted by atomic mass is 10.2. The largest absolute Gasteiger partial charge is 0.494 e. The first-order valence-corrected chi connectivity index (χ1v) is 7.32. The van der Waals surface area contributed by atoms with Crippen molar-refractivity contribution in [3.8, 4) is 11.5 Å². The fourth-order valence-corrected chi connectivity index (χ4v) is 1.89. The fraction of sp³-hybridized carbons (Fsp3) is 0.353. The van der Waals surface area contributed by atoms with Crippen molar-refractivity contribution < 1.29 is 9.47 Å². The maximum Gasteiger partial charge on any atom is 0.130 e. The minimum atomic E-state index is 0.455. The molecular weight excluding hydrogens is 264 g/mol. The van der Waals surface area contributed by atoms with Crippen LogP contribution in [0.25, 0.3) is 0 Å². The second-order valence-electron chi connectivity index (χ2n) is 4.63. The molecule has 1 aromatic carbocycles. The summed E-state index contributed by atoms with van der Waals surface area (Å²) in [5.41, 5.74) is 2.09. The maximum atomic E-state index is 5.74. The molecular formula is C17H22N2O2. The van der Waals surface area contributed by atoms with E-state index in [1.807, 2.05) is 43.5 Å². The summed E-state index contributed by atoms with van der Waals surface area (Å²) >= 11 is 0. The highest BCUT2D eigenvalue weighted by atomic mass is 16.5. The van der Waals surface area contributed by atoms with Crippen molar-refractivity contribution in [1.82, 2.24) is 10.3 Å². The van der Waals surface area contributed by atoms with E-state index in [1.165, 1.54) is 5.56 Å². The Kier molecular flexibility index (Phi) is 6.03. The Morgan fingerprint density at radius 3 is 2.52 bits per heavy atom. The van der Waals surface area contributed by atoms with E-state index in [1.54, 1.807) is 0 Å². The van der Waals surface area contributed by atoms with Crippen molar-refractivity contribution in [2.75, 3.05) is 13.2 Å². The van der Waals surface area contributed by atoms with Gasteiger partial charge in [0.2, 0.25) is 0 Å². The molecule has 0 atom stereocenters. The number of benzene rings is 1. The van der Waals surface area contributed by atoms with Crippen LogP contribution in [0.15, 0.2) is 42.6 Å². The standard InChI is InChI=1S/C17H22N2O2/c1-3-18-11-14-8-9-15(19-12-14)13-21-17-7-5-6-16(10-17)20-4-2/h5-10,12,18H,3-4,11,13H2,1-2H3. The number of hydrogen-bond donors (Lipinski definition) is 1. The Balaban J connectivity index is 1.88. The molecule has 2 rings (SSSR count). The summed E-state index contributed by atoms with van der Waals surface area (Å²) in [4.78, 5) is 4.41. The molecule has 4 heteroatoms. The number of pyridine rings is 1. The molecule has 0 aliphatic heterocycles. The number of aromatic nitrogens is 1. The number of ether oxygens (including phenoxy) is 2. The predicted octanol–water partition coefficient (Wildman–Crippen LogP) is 3.17. The number of nitrogens with zero attached hydrogens (tertiary/aromatic N) is 1. The van der Waals surface area contributed by atoms with Crippen molar-refractivity contribution in [2.24, 2.45) is 0 Å². The van der Waals surface area contributed by atoms with Gasteiger partial charge in [0.25, 0.3) is 0 Å². The average molecular weight is 286 g/mol. The van der Waals surface area contributed by atoms with Crippen LogP contribution in [-0.4, -0.2) is 18.1 Å². The molecule has 0 radical (unpaired) electrons. The lowest BCUT2D eigenvalue weighted by Crippen LogP contribution is -2.12. The number of nitrogens with one attached hydrogen (secondary N) is 1. The van der Waals surface area contributed by atoms with Gasteiger partial charge in [-0.05, 0) is 37.2 Å². The Morgan fingerprint density at radius 2 is 1.86 bits per heavy atom. The van der Waals surface area contributed by atoms with E-state index < -0.39 is 0 Å². The summed E-state index contributed by atoms with van der Waals surface area (Å²) in [6, 6.07) is 11.7. The molecule has 0 amide bonds. The van der Waals surface area contributed by atoms with Crippen LogP contribution >= 0.6 is 0 Å². The molecule has 4 nitrogen and oxygen atoms in total. The molecule has 1 aromatic heterocycles. The summed E-state index contributed by atoms with van der Waals surface area (Å²) in [6.45, 7) is 6.97. The van der Waals surface area contributed by atoms with E-state index in [2.05, 4.69) is 23.3 Å². The van der Waals surface area contributed by atoms with Gasteiger partial charge in [0.1, 0.15) is 18.1 Å². The van der Waals surface area contributed by atoms with E-state index in [0.717, 1.165) is 30.3 Å². The summed E-state index contributed by atoms with van der Waals surface area (Å²) in [5, 5.41) is 3.27. The average Bonchev–Trinajstić information content (AvgIpc) is 2.53. The van der Waals surface area contributed by atoms with Gasteiger partial charge in [0.05, 0.1) is 12.3 Å². The van der Waals surface area contributed by atoms with E-state index in [-0.39, 0.29) is 0 Å². The molecule has 1 heterocycles. The van der Waals surface area contributed by atoms with Gasteiger partial charge in [-0.25, -0.2) is 0 Å². The lowest BCUT2D eigenvalue weighted by molar-refractivity contribution is 0.295. The highest BCUT2D eigenvalue weighted by molar-refractivity contribution is 5.33. The molecule has 0 spiro atoms. The Hall–Kier alpha value is -2.07. The molecule has 0 unspecified atom stereocenters. The van der Waals surface area contributed by atoms with Gasteiger partial charge in [-0.3, -0.25) is 4.98 Å². The minimum absolute atomic E-state index is 0.455. The maximum absolute atomic E-state index is 5.74. The van der Waals surface area contributed by atoms with E-state index in [4.69, 9.17) is 9.47 Å². The van der Waals surface area contributed by atoms with Crippen LogP contribution in [0, 0.1) is 0 Å². The quantitative estimate of drug-likeness (QED) is 0.809. The first-order valence-electron chi connectivity index (χ1n) is 7.32. The van der Waals surface area contributed by atoms with Crippen LogP contribution in [-0.2, 0) is 13.2 Å². The third-order valence-corrected chi connectivity index (χ3v) is 2.97. The Morgan fingerprint density at radius 1 is 1.05 bits per heavy atom. The minimum Gasteiger partial charge on any atom is -0.494 e. The number of hydrogen-bond acceptors (Lipinski definition) is 4. The second-order valence-corrected chi connectivity index (χ2v) is 4.63. The van der Waals surface area contributed by atoms with Gasteiger partial charge in [0, 0.05) is 18.8 Å². The van der Waals surface area contributed by atoms with Crippen molar-refractivity contribution in [3.63, 3.8) is 0 Å². The Bertz CT molecular complexity index is 541. The van der Waals surface area contributed by atoms with E-state index in [9.17, 15) is 0 Å². The van der Waals surface area contributed by atoms with Crippen LogP contribution in [0.3, 0.4) is 0 Å². The topological polar surface area (TPSA) is 43.4 Å². The molecule has 0 aliphatic carbocycles. The third kappa shape index (κ3) is 5.08. The normalized spacial score (nSPS) is 10.4. The number of rotatable bonds is 8. The molecule has 2 aromatic rings. The highest BCUT2D eigenvalue weighted by Crippen LogP contribution is 2.20. The van der Waals surface area contributed by atoms with Crippen LogP contribution < -0.4 is 14.8 Å². The SMILES string of the molecule is CCNCc1ccc(COc2cccc(OCC)c2)nc1. The molecule has 1 N–H and O–H groups in total. The zero-order chi connectivity index (χ0) is 14.9. The van der Waals surface area contributed by atoms with E-state index >= 15 is 0 Å². The second kappa shape index (κ2) is 8.27. The van der Waals surface area contributed by atoms with Crippen molar-refractivity contribution >= 4 is 0 Å². The van der Waals surface area contributed by atoms with Gasteiger partial charge in [-0.2, -0.15) is 0 Å². The van der Waals surface area contributed by atoms with Gasteiger partial charge in [-0.1, -0.05) is 19.1 Å². The Labute approximate surface area is 126 Å². The van der Waals surface area contributed by atoms with Gasteiger partial charge in [-0.15, -0.1) is 0 Å². The molecule has 0 fully saturated rings. The predicted molar refractivity (Wildman–Crippen MR) is 83.6 cm³/mol. The summed E-state index contributed by atoms with van der Waals surface area (Å²) in [6.07, 6.45) is 1.89. The van der Waals surface area contributed by atoms with Crippen molar-refractivity contribution in [1.29, 1.82) is 0 Å². The molecule has 112 valence electrons. The summed E-state index contributed by atoms with van der Waals surface area (Å²) in [7, 11) is 0. The molecule has 21 heavy (non-hydrogen) atoms. The van der Waals surface area contributed by atoms with Crippen LogP contribution in [0.2, 0.25) is 0 Å². The van der Waals surface area contributed by atoms with Crippen molar-refractivity contribution in [3.05, 3.63) is 53.9 Å². The fourth-order valence-electron chi connectivity index (χ4n) is 1.89. The molecule has 0 saturated heterocycles.